The van der Waals surface area contributed by atoms with Crippen LogP contribution in [0.15, 0.2) is 18.2 Å². The van der Waals surface area contributed by atoms with Gasteiger partial charge in [0, 0.05) is 62.0 Å². The summed E-state index contributed by atoms with van der Waals surface area (Å²) in [7, 11) is 0. The molecule has 0 radical (unpaired) electrons. The quantitative estimate of drug-likeness (QED) is 0.928. The van der Waals surface area contributed by atoms with E-state index in [0.29, 0.717) is 6.04 Å². The molecule has 1 fully saturated rings. The molecule has 1 amide bonds. The fourth-order valence-electron chi connectivity index (χ4n) is 2.59. The van der Waals surface area contributed by atoms with Gasteiger partial charge < -0.3 is 15.1 Å². The van der Waals surface area contributed by atoms with E-state index in [-0.39, 0.29) is 5.91 Å². The number of piperazine rings is 1. The first-order chi connectivity index (χ1) is 9.99. The van der Waals surface area contributed by atoms with E-state index in [1.165, 1.54) is 5.69 Å². The molecule has 1 aromatic carbocycles. The average Bonchev–Trinajstić information content (AvgIpc) is 2.45. The van der Waals surface area contributed by atoms with Gasteiger partial charge in [-0.1, -0.05) is 31.5 Å². The standard InChI is InChI=1S/C16H24ClN3O/c1-12(2)18-11-14-15(17)5-4-6-16(14)20-9-7-19(8-10-20)13(3)21/h4-6,12,18H,7-11H2,1-3H3. The Balaban J connectivity index is 2.12. The van der Waals surface area contributed by atoms with E-state index >= 15 is 0 Å². The van der Waals surface area contributed by atoms with Gasteiger partial charge in [-0.05, 0) is 12.1 Å². The number of anilines is 1. The zero-order valence-electron chi connectivity index (χ0n) is 13.0. The Morgan fingerprint density at radius 1 is 1.29 bits per heavy atom. The predicted octanol–water partition coefficient (Wildman–Crippen LogP) is 2.51. The molecule has 0 saturated carbocycles. The van der Waals surface area contributed by atoms with E-state index < -0.39 is 0 Å². The Kier molecular flexibility index (Phi) is 5.48. The molecular weight excluding hydrogens is 286 g/mol. The number of nitrogens with one attached hydrogen (secondary N) is 1. The minimum Gasteiger partial charge on any atom is -0.368 e. The number of rotatable bonds is 4. The van der Waals surface area contributed by atoms with Gasteiger partial charge in [0.05, 0.1) is 0 Å². The number of hydrogen-bond acceptors (Lipinski definition) is 3. The Morgan fingerprint density at radius 3 is 2.52 bits per heavy atom. The summed E-state index contributed by atoms with van der Waals surface area (Å²) in [6, 6.07) is 6.47. The number of carbonyl (C=O) groups is 1. The van der Waals surface area contributed by atoms with Crippen LogP contribution in [0.25, 0.3) is 0 Å². The molecule has 0 bridgehead atoms. The van der Waals surface area contributed by atoms with Crippen molar-refractivity contribution in [2.75, 3.05) is 31.1 Å². The number of halogens is 1. The van der Waals surface area contributed by atoms with Crippen LogP contribution in [-0.2, 0) is 11.3 Å². The summed E-state index contributed by atoms with van der Waals surface area (Å²) in [4.78, 5) is 15.6. The molecule has 0 atom stereocenters. The van der Waals surface area contributed by atoms with Gasteiger partial charge in [-0.2, -0.15) is 0 Å². The number of amides is 1. The molecule has 1 aliphatic rings. The smallest absolute Gasteiger partial charge is 0.219 e. The summed E-state index contributed by atoms with van der Waals surface area (Å²) < 4.78 is 0. The highest BCUT2D eigenvalue weighted by atomic mass is 35.5. The number of benzene rings is 1. The molecule has 4 nitrogen and oxygen atoms in total. The monoisotopic (exact) mass is 309 g/mol. The third kappa shape index (κ3) is 4.11. The van der Waals surface area contributed by atoms with Crippen LogP contribution >= 0.6 is 11.6 Å². The largest absolute Gasteiger partial charge is 0.368 e. The first-order valence-corrected chi connectivity index (χ1v) is 7.88. The summed E-state index contributed by atoms with van der Waals surface area (Å²) in [5.74, 6) is 0.155. The second-order valence-electron chi connectivity index (χ2n) is 5.77. The highest BCUT2D eigenvalue weighted by molar-refractivity contribution is 6.31. The zero-order chi connectivity index (χ0) is 15.4. The summed E-state index contributed by atoms with van der Waals surface area (Å²) in [5.41, 5.74) is 2.32. The highest BCUT2D eigenvalue weighted by Gasteiger charge is 2.21. The molecule has 1 saturated heterocycles. The van der Waals surface area contributed by atoms with Crippen LogP contribution in [0.5, 0.6) is 0 Å². The first kappa shape index (κ1) is 16.1. The second-order valence-corrected chi connectivity index (χ2v) is 6.17. The van der Waals surface area contributed by atoms with Gasteiger partial charge >= 0.3 is 0 Å². The topological polar surface area (TPSA) is 35.6 Å². The Hall–Kier alpha value is -1.26. The summed E-state index contributed by atoms with van der Waals surface area (Å²) in [6.45, 7) is 9.91. The Morgan fingerprint density at radius 2 is 1.95 bits per heavy atom. The van der Waals surface area contributed by atoms with Crippen molar-refractivity contribution in [2.45, 2.75) is 33.4 Å². The maximum absolute atomic E-state index is 11.4. The molecule has 21 heavy (non-hydrogen) atoms. The van der Waals surface area contributed by atoms with Crippen LogP contribution < -0.4 is 10.2 Å². The maximum Gasteiger partial charge on any atom is 0.219 e. The van der Waals surface area contributed by atoms with E-state index in [2.05, 4.69) is 30.1 Å². The summed E-state index contributed by atoms with van der Waals surface area (Å²) in [5, 5.41) is 4.23. The first-order valence-electron chi connectivity index (χ1n) is 7.50. The minimum absolute atomic E-state index is 0.155. The normalized spacial score (nSPS) is 15.7. The van der Waals surface area contributed by atoms with Crippen molar-refractivity contribution in [2.24, 2.45) is 0 Å². The van der Waals surface area contributed by atoms with Gasteiger partial charge in [-0.3, -0.25) is 4.79 Å². The SMILES string of the molecule is CC(=O)N1CCN(c2cccc(Cl)c2CNC(C)C)CC1. The van der Waals surface area contributed by atoms with E-state index in [0.717, 1.165) is 43.3 Å². The third-order valence-corrected chi connectivity index (χ3v) is 4.20. The van der Waals surface area contributed by atoms with Gasteiger partial charge in [0.2, 0.25) is 5.91 Å². The van der Waals surface area contributed by atoms with Gasteiger partial charge in [0.1, 0.15) is 0 Å². The van der Waals surface area contributed by atoms with E-state index in [9.17, 15) is 4.79 Å². The second kappa shape index (κ2) is 7.14. The molecule has 2 rings (SSSR count). The van der Waals surface area contributed by atoms with Crippen LogP contribution in [0, 0.1) is 0 Å². The molecule has 5 heteroatoms. The fraction of sp³-hybridized carbons (Fsp3) is 0.562. The molecule has 1 N–H and O–H groups in total. The molecule has 1 aromatic rings. The van der Waals surface area contributed by atoms with Crippen LogP contribution in [0.1, 0.15) is 26.3 Å². The van der Waals surface area contributed by atoms with Gasteiger partial charge in [-0.25, -0.2) is 0 Å². The number of carbonyl (C=O) groups excluding carboxylic acids is 1. The highest BCUT2D eigenvalue weighted by Crippen LogP contribution is 2.28. The molecule has 0 aromatic heterocycles. The van der Waals surface area contributed by atoms with Crippen molar-refractivity contribution in [3.05, 3.63) is 28.8 Å². The lowest BCUT2D eigenvalue weighted by molar-refractivity contribution is -0.129. The average molecular weight is 310 g/mol. The maximum atomic E-state index is 11.4. The summed E-state index contributed by atoms with van der Waals surface area (Å²) in [6.07, 6.45) is 0. The lowest BCUT2D eigenvalue weighted by atomic mass is 10.1. The van der Waals surface area contributed by atoms with Crippen molar-refractivity contribution in [1.29, 1.82) is 0 Å². The van der Waals surface area contributed by atoms with E-state index in [1.807, 2.05) is 17.0 Å². The number of nitrogens with zero attached hydrogens (tertiary/aromatic N) is 2. The molecule has 0 aliphatic carbocycles. The van der Waals surface area contributed by atoms with E-state index in [1.54, 1.807) is 6.92 Å². The van der Waals surface area contributed by atoms with Crippen molar-refractivity contribution < 1.29 is 4.79 Å². The van der Waals surface area contributed by atoms with Crippen LogP contribution in [0.4, 0.5) is 5.69 Å². The van der Waals surface area contributed by atoms with Gasteiger partial charge in [0.25, 0.3) is 0 Å². The molecule has 0 unspecified atom stereocenters. The molecule has 1 heterocycles. The van der Waals surface area contributed by atoms with Crippen LogP contribution in [-0.4, -0.2) is 43.0 Å². The minimum atomic E-state index is 0.155. The third-order valence-electron chi connectivity index (χ3n) is 3.85. The van der Waals surface area contributed by atoms with Crippen LogP contribution in [0.2, 0.25) is 5.02 Å². The van der Waals surface area contributed by atoms with Crippen molar-refractivity contribution in [3.8, 4) is 0 Å². The predicted molar refractivity (Wildman–Crippen MR) is 87.9 cm³/mol. The molecule has 1 aliphatic heterocycles. The molecular formula is C16H24ClN3O. The van der Waals surface area contributed by atoms with Crippen molar-refractivity contribution in [1.82, 2.24) is 10.2 Å². The number of hydrogen-bond donors (Lipinski definition) is 1. The van der Waals surface area contributed by atoms with Gasteiger partial charge in [0.15, 0.2) is 0 Å². The van der Waals surface area contributed by atoms with Crippen molar-refractivity contribution >= 4 is 23.2 Å². The van der Waals surface area contributed by atoms with Crippen molar-refractivity contribution in [3.63, 3.8) is 0 Å². The lowest BCUT2D eigenvalue weighted by Gasteiger charge is -2.36. The van der Waals surface area contributed by atoms with E-state index in [4.69, 9.17) is 11.6 Å². The van der Waals surface area contributed by atoms with Crippen LogP contribution in [0.3, 0.4) is 0 Å². The lowest BCUT2D eigenvalue weighted by Crippen LogP contribution is -2.48. The van der Waals surface area contributed by atoms with Gasteiger partial charge in [-0.15, -0.1) is 0 Å². The Labute approximate surface area is 132 Å². The summed E-state index contributed by atoms with van der Waals surface area (Å²) >= 11 is 6.38. The molecule has 0 spiro atoms. The Bertz CT molecular complexity index is 496. The molecule has 116 valence electrons. The zero-order valence-corrected chi connectivity index (χ0v) is 13.8. The fourth-order valence-corrected chi connectivity index (χ4v) is 2.82.